The maximum Gasteiger partial charge on any atom is 0.122 e. The summed E-state index contributed by atoms with van der Waals surface area (Å²) in [5.74, 6) is 0.931. The second-order valence-corrected chi connectivity index (χ2v) is 5.26. The quantitative estimate of drug-likeness (QED) is 0.809. The highest BCUT2D eigenvalue weighted by Crippen LogP contribution is 2.27. The number of hydrogen-bond donors (Lipinski definition) is 1. The van der Waals surface area contributed by atoms with Crippen LogP contribution in [0.4, 0.5) is 0 Å². The largest absolute Gasteiger partial charge is 0.496 e. The van der Waals surface area contributed by atoms with E-state index in [1.165, 1.54) is 5.56 Å². The van der Waals surface area contributed by atoms with Gasteiger partial charge in [0.15, 0.2) is 0 Å². The molecule has 0 amide bonds. The average molecular weight is 270 g/mol. The van der Waals surface area contributed by atoms with Gasteiger partial charge in [0, 0.05) is 11.1 Å². The summed E-state index contributed by atoms with van der Waals surface area (Å²) in [5, 5.41) is 0.809. The number of hydrogen-bond acceptors (Lipinski definition) is 2. The Morgan fingerprint density at radius 1 is 1.33 bits per heavy atom. The minimum absolute atomic E-state index is 0.321. The molecule has 0 aliphatic carbocycles. The van der Waals surface area contributed by atoms with Gasteiger partial charge in [0.1, 0.15) is 5.75 Å². The van der Waals surface area contributed by atoms with Gasteiger partial charge in [-0.25, -0.2) is 0 Å². The van der Waals surface area contributed by atoms with Crippen molar-refractivity contribution in [2.75, 3.05) is 7.11 Å². The fraction of sp³-hybridized carbons (Fsp3) is 0.600. The molecule has 1 unspecified atom stereocenters. The van der Waals surface area contributed by atoms with Crippen LogP contribution >= 0.6 is 11.6 Å². The van der Waals surface area contributed by atoms with Gasteiger partial charge in [-0.15, -0.1) is 0 Å². The molecule has 0 aliphatic rings. The summed E-state index contributed by atoms with van der Waals surface area (Å²) in [6, 6.07) is 4.34. The van der Waals surface area contributed by atoms with Crippen molar-refractivity contribution in [1.82, 2.24) is 0 Å². The molecule has 102 valence electrons. The zero-order valence-corrected chi connectivity index (χ0v) is 12.4. The van der Waals surface area contributed by atoms with Gasteiger partial charge in [0.2, 0.25) is 0 Å². The van der Waals surface area contributed by atoms with Crippen LogP contribution < -0.4 is 10.5 Å². The Bertz CT molecular complexity index is 379. The van der Waals surface area contributed by atoms with Crippen molar-refractivity contribution in [3.63, 3.8) is 0 Å². The Morgan fingerprint density at radius 3 is 2.67 bits per heavy atom. The first-order valence-electron chi connectivity index (χ1n) is 6.67. The highest BCUT2D eigenvalue weighted by Gasteiger charge is 2.08. The lowest BCUT2D eigenvalue weighted by Gasteiger charge is -2.13. The number of methoxy groups -OCH3 is 1. The highest BCUT2D eigenvalue weighted by molar-refractivity contribution is 6.31. The van der Waals surface area contributed by atoms with E-state index in [2.05, 4.69) is 6.92 Å². The molecule has 18 heavy (non-hydrogen) atoms. The van der Waals surface area contributed by atoms with Crippen LogP contribution in [0.1, 0.15) is 43.7 Å². The second-order valence-electron chi connectivity index (χ2n) is 4.85. The number of benzene rings is 1. The molecule has 0 heterocycles. The fourth-order valence-electron chi connectivity index (χ4n) is 2.15. The SMILES string of the molecule is CCCC(N)CCCc1cc(Cl)c(C)cc1OC. The maximum absolute atomic E-state index is 6.15. The lowest BCUT2D eigenvalue weighted by molar-refractivity contribution is 0.408. The molecule has 1 aromatic rings. The van der Waals surface area contributed by atoms with Gasteiger partial charge in [0.05, 0.1) is 7.11 Å². The topological polar surface area (TPSA) is 35.2 Å². The molecule has 0 spiro atoms. The third-order valence-electron chi connectivity index (χ3n) is 3.24. The monoisotopic (exact) mass is 269 g/mol. The molecule has 1 aromatic carbocycles. The molecule has 0 saturated carbocycles. The van der Waals surface area contributed by atoms with Gasteiger partial charge in [-0.1, -0.05) is 24.9 Å². The molecule has 1 rings (SSSR count). The lowest BCUT2D eigenvalue weighted by Crippen LogP contribution is -2.19. The minimum Gasteiger partial charge on any atom is -0.496 e. The molecular weight excluding hydrogens is 246 g/mol. The predicted molar refractivity (Wildman–Crippen MR) is 78.6 cm³/mol. The van der Waals surface area contributed by atoms with Crippen LogP contribution in [0, 0.1) is 6.92 Å². The summed E-state index contributed by atoms with van der Waals surface area (Å²) in [6.07, 6.45) is 5.37. The van der Waals surface area contributed by atoms with Gasteiger partial charge in [0.25, 0.3) is 0 Å². The van der Waals surface area contributed by atoms with Crippen molar-refractivity contribution in [2.24, 2.45) is 5.73 Å². The lowest BCUT2D eigenvalue weighted by atomic mass is 10.0. The summed E-state index contributed by atoms with van der Waals surface area (Å²) in [4.78, 5) is 0. The third-order valence-corrected chi connectivity index (χ3v) is 3.65. The van der Waals surface area contributed by atoms with E-state index >= 15 is 0 Å². The Balaban J connectivity index is 2.58. The Labute approximate surface area is 115 Å². The molecule has 0 saturated heterocycles. The zero-order valence-electron chi connectivity index (χ0n) is 11.6. The van der Waals surface area contributed by atoms with E-state index < -0.39 is 0 Å². The number of halogens is 1. The average Bonchev–Trinajstić information content (AvgIpc) is 2.33. The first-order chi connectivity index (χ1) is 8.58. The number of nitrogens with two attached hydrogens (primary N) is 1. The van der Waals surface area contributed by atoms with E-state index in [0.29, 0.717) is 6.04 Å². The van der Waals surface area contributed by atoms with E-state index in [1.807, 2.05) is 19.1 Å². The van der Waals surface area contributed by atoms with Crippen LogP contribution in [0.2, 0.25) is 5.02 Å². The van der Waals surface area contributed by atoms with Crippen LogP contribution in [-0.4, -0.2) is 13.2 Å². The Kier molecular flexibility index (Phi) is 6.51. The number of ether oxygens (including phenoxy) is 1. The van der Waals surface area contributed by atoms with Gasteiger partial charge >= 0.3 is 0 Å². The smallest absolute Gasteiger partial charge is 0.122 e. The second kappa shape index (κ2) is 7.65. The molecule has 0 fully saturated rings. The van der Waals surface area contributed by atoms with Gasteiger partial charge in [-0.2, -0.15) is 0 Å². The Hall–Kier alpha value is -0.730. The van der Waals surface area contributed by atoms with Crippen molar-refractivity contribution >= 4 is 11.6 Å². The molecular formula is C15H24ClNO. The van der Waals surface area contributed by atoms with Crippen LogP contribution in [0.3, 0.4) is 0 Å². The van der Waals surface area contributed by atoms with Crippen LogP contribution in [0.5, 0.6) is 5.75 Å². The van der Waals surface area contributed by atoms with Crippen molar-refractivity contribution in [3.8, 4) is 5.75 Å². The maximum atomic E-state index is 6.15. The minimum atomic E-state index is 0.321. The summed E-state index contributed by atoms with van der Waals surface area (Å²) >= 11 is 6.15. The molecule has 0 aliphatic heterocycles. The molecule has 1 atom stereocenters. The Morgan fingerprint density at radius 2 is 2.06 bits per heavy atom. The van der Waals surface area contributed by atoms with Crippen molar-refractivity contribution in [3.05, 3.63) is 28.3 Å². The first-order valence-corrected chi connectivity index (χ1v) is 7.04. The van der Waals surface area contributed by atoms with E-state index in [9.17, 15) is 0 Å². The third kappa shape index (κ3) is 4.51. The standard InChI is InChI=1S/C15H24ClNO/c1-4-6-13(17)8-5-7-12-10-14(16)11(2)9-15(12)18-3/h9-10,13H,4-8,17H2,1-3H3. The molecule has 0 aromatic heterocycles. The van der Waals surface area contributed by atoms with E-state index in [0.717, 1.165) is 48.4 Å². The normalized spacial score (nSPS) is 12.5. The molecule has 2 nitrogen and oxygen atoms in total. The fourth-order valence-corrected chi connectivity index (χ4v) is 2.34. The van der Waals surface area contributed by atoms with Crippen molar-refractivity contribution in [1.29, 1.82) is 0 Å². The molecule has 3 heteroatoms. The van der Waals surface area contributed by atoms with E-state index in [-0.39, 0.29) is 0 Å². The summed E-state index contributed by atoms with van der Waals surface area (Å²) in [5.41, 5.74) is 8.25. The van der Waals surface area contributed by atoms with Gasteiger partial charge in [-0.05, 0) is 55.9 Å². The first kappa shape index (κ1) is 15.3. The van der Waals surface area contributed by atoms with Crippen LogP contribution in [0.15, 0.2) is 12.1 Å². The van der Waals surface area contributed by atoms with Gasteiger partial charge in [-0.3, -0.25) is 0 Å². The molecule has 0 radical (unpaired) electrons. The number of rotatable bonds is 7. The van der Waals surface area contributed by atoms with Gasteiger partial charge < -0.3 is 10.5 Å². The van der Waals surface area contributed by atoms with Crippen LogP contribution in [-0.2, 0) is 6.42 Å². The number of aryl methyl sites for hydroxylation is 2. The molecule has 2 N–H and O–H groups in total. The zero-order chi connectivity index (χ0) is 13.5. The summed E-state index contributed by atoms with van der Waals surface area (Å²) in [6.45, 7) is 4.16. The highest BCUT2D eigenvalue weighted by atomic mass is 35.5. The van der Waals surface area contributed by atoms with Crippen LogP contribution in [0.25, 0.3) is 0 Å². The summed E-state index contributed by atoms with van der Waals surface area (Å²) < 4.78 is 5.40. The predicted octanol–water partition coefficient (Wildman–Crippen LogP) is 4.11. The van der Waals surface area contributed by atoms with E-state index in [1.54, 1.807) is 7.11 Å². The summed E-state index contributed by atoms with van der Waals surface area (Å²) in [7, 11) is 1.70. The molecule has 0 bridgehead atoms. The van der Waals surface area contributed by atoms with Crippen molar-refractivity contribution < 1.29 is 4.74 Å². The van der Waals surface area contributed by atoms with E-state index in [4.69, 9.17) is 22.1 Å². The van der Waals surface area contributed by atoms with Crippen molar-refractivity contribution in [2.45, 2.75) is 52.0 Å².